The lowest BCUT2D eigenvalue weighted by molar-refractivity contribution is -0.143. The van der Waals surface area contributed by atoms with E-state index in [0.29, 0.717) is 13.0 Å². The fraction of sp³-hybridized carbons (Fsp3) is 0.737. The lowest BCUT2D eigenvalue weighted by Gasteiger charge is -2.02. The molecule has 0 unspecified atom stereocenters. The molecule has 0 radical (unpaired) electrons. The first-order valence-corrected chi connectivity index (χ1v) is 8.83. The molecule has 0 spiro atoms. The van der Waals surface area contributed by atoms with E-state index in [9.17, 15) is 4.79 Å². The number of carbonyl (C=O) groups excluding carboxylic acids is 1. The van der Waals surface area contributed by atoms with Crippen LogP contribution in [0.5, 0.6) is 0 Å². The fourth-order valence-electron chi connectivity index (χ4n) is 2.70. The first-order chi connectivity index (χ1) is 10.6. The molecule has 0 fully saturated rings. The predicted octanol–water partition coefficient (Wildman–Crippen LogP) is 5.30. The summed E-state index contributed by atoms with van der Waals surface area (Å²) in [5.74, 6) is 2.23. The Hall–Kier alpha value is -1.25. The average molecular weight is 308 g/mol. The van der Waals surface area contributed by atoms with Crippen LogP contribution in [0, 0.1) is 13.8 Å². The minimum Gasteiger partial charge on any atom is -0.466 e. The van der Waals surface area contributed by atoms with Crippen molar-refractivity contribution >= 4 is 5.97 Å². The Bertz CT molecular complexity index is 446. The molecule has 0 aliphatic carbocycles. The summed E-state index contributed by atoms with van der Waals surface area (Å²) in [5, 5.41) is 0. The molecule has 0 aliphatic heterocycles. The van der Waals surface area contributed by atoms with E-state index in [1.807, 2.05) is 6.92 Å². The number of hydrogen-bond donors (Lipinski definition) is 0. The van der Waals surface area contributed by atoms with Gasteiger partial charge in [0.1, 0.15) is 11.5 Å². The Morgan fingerprint density at radius 3 is 2.05 bits per heavy atom. The maximum Gasteiger partial charge on any atom is 0.305 e. The number of unbranched alkanes of at least 4 members (excludes halogenated alkanes) is 4. The smallest absolute Gasteiger partial charge is 0.305 e. The topological polar surface area (TPSA) is 39.4 Å². The number of ether oxygens (including phenoxy) is 1. The Kier molecular flexibility index (Phi) is 8.95. The van der Waals surface area contributed by atoms with E-state index in [-0.39, 0.29) is 5.97 Å². The minimum atomic E-state index is -0.0780. The van der Waals surface area contributed by atoms with Crippen molar-refractivity contribution in [2.45, 2.75) is 85.5 Å². The van der Waals surface area contributed by atoms with E-state index in [0.717, 1.165) is 37.9 Å². The van der Waals surface area contributed by atoms with E-state index in [1.54, 1.807) is 0 Å². The summed E-state index contributed by atoms with van der Waals surface area (Å²) in [6.07, 6.45) is 9.31. The van der Waals surface area contributed by atoms with Crippen molar-refractivity contribution in [2.24, 2.45) is 0 Å². The van der Waals surface area contributed by atoms with Crippen LogP contribution in [-0.4, -0.2) is 12.6 Å². The van der Waals surface area contributed by atoms with Gasteiger partial charge in [0.15, 0.2) is 0 Å². The molecule has 3 heteroatoms. The van der Waals surface area contributed by atoms with Crippen LogP contribution < -0.4 is 0 Å². The Labute approximate surface area is 135 Å². The van der Waals surface area contributed by atoms with Gasteiger partial charge in [-0.3, -0.25) is 4.79 Å². The standard InChI is InChI=1S/C19H32O3/c1-5-7-9-12-17-15(3)16(4)18(22-17)13-10-8-11-14-19(20)21-6-2/h5-14H2,1-4H3. The summed E-state index contributed by atoms with van der Waals surface area (Å²) < 4.78 is 11.0. The molecule has 0 atom stereocenters. The largest absolute Gasteiger partial charge is 0.466 e. The monoisotopic (exact) mass is 308 g/mol. The van der Waals surface area contributed by atoms with Crippen LogP contribution in [0.4, 0.5) is 0 Å². The summed E-state index contributed by atoms with van der Waals surface area (Å²) in [6, 6.07) is 0. The van der Waals surface area contributed by atoms with Crippen LogP contribution in [-0.2, 0) is 22.4 Å². The van der Waals surface area contributed by atoms with Crippen molar-refractivity contribution < 1.29 is 13.9 Å². The molecule has 1 rings (SSSR count). The van der Waals surface area contributed by atoms with Crippen molar-refractivity contribution in [3.8, 4) is 0 Å². The van der Waals surface area contributed by atoms with E-state index in [1.165, 1.54) is 36.1 Å². The third-order valence-electron chi connectivity index (χ3n) is 4.24. The van der Waals surface area contributed by atoms with Gasteiger partial charge in [-0.05, 0) is 51.2 Å². The highest BCUT2D eigenvalue weighted by molar-refractivity contribution is 5.69. The maximum atomic E-state index is 11.3. The van der Waals surface area contributed by atoms with E-state index < -0.39 is 0 Å². The van der Waals surface area contributed by atoms with Gasteiger partial charge in [-0.25, -0.2) is 0 Å². The summed E-state index contributed by atoms with van der Waals surface area (Å²) in [4.78, 5) is 11.3. The molecule has 0 saturated carbocycles. The Morgan fingerprint density at radius 1 is 0.909 bits per heavy atom. The molecule has 22 heavy (non-hydrogen) atoms. The number of rotatable bonds is 11. The average Bonchev–Trinajstić information content (AvgIpc) is 2.76. The van der Waals surface area contributed by atoms with Gasteiger partial charge in [-0.1, -0.05) is 26.2 Å². The molecule has 1 aromatic heterocycles. The van der Waals surface area contributed by atoms with Gasteiger partial charge in [0, 0.05) is 19.3 Å². The summed E-state index contributed by atoms with van der Waals surface area (Å²) >= 11 is 0. The molecule has 0 aromatic carbocycles. The second-order valence-corrected chi connectivity index (χ2v) is 6.02. The molecule has 3 nitrogen and oxygen atoms in total. The van der Waals surface area contributed by atoms with Crippen molar-refractivity contribution in [3.63, 3.8) is 0 Å². The van der Waals surface area contributed by atoms with Crippen molar-refractivity contribution in [1.29, 1.82) is 0 Å². The van der Waals surface area contributed by atoms with Gasteiger partial charge in [0.2, 0.25) is 0 Å². The zero-order chi connectivity index (χ0) is 16.4. The SMILES string of the molecule is CCCCCc1oc(CCCCCC(=O)OCC)c(C)c1C. The molecule has 0 amide bonds. The van der Waals surface area contributed by atoms with Gasteiger partial charge >= 0.3 is 5.97 Å². The third-order valence-corrected chi connectivity index (χ3v) is 4.24. The number of carbonyl (C=O) groups is 1. The molecular formula is C19H32O3. The van der Waals surface area contributed by atoms with E-state index >= 15 is 0 Å². The first kappa shape index (κ1) is 18.8. The minimum absolute atomic E-state index is 0.0780. The van der Waals surface area contributed by atoms with Crippen LogP contribution in [0.2, 0.25) is 0 Å². The molecular weight excluding hydrogens is 276 g/mol. The highest BCUT2D eigenvalue weighted by Crippen LogP contribution is 2.24. The number of furan rings is 1. The Balaban J connectivity index is 2.33. The normalized spacial score (nSPS) is 10.9. The molecule has 1 heterocycles. The van der Waals surface area contributed by atoms with Crippen LogP contribution in [0.15, 0.2) is 4.42 Å². The lowest BCUT2D eigenvalue weighted by Crippen LogP contribution is -2.03. The Morgan fingerprint density at radius 2 is 1.50 bits per heavy atom. The van der Waals surface area contributed by atoms with Crippen molar-refractivity contribution in [2.75, 3.05) is 6.61 Å². The van der Waals surface area contributed by atoms with Crippen molar-refractivity contribution in [3.05, 3.63) is 22.6 Å². The zero-order valence-electron chi connectivity index (χ0n) is 14.8. The van der Waals surface area contributed by atoms with Gasteiger partial charge in [0.05, 0.1) is 6.61 Å². The van der Waals surface area contributed by atoms with Crippen LogP contribution in [0.1, 0.15) is 81.4 Å². The first-order valence-electron chi connectivity index (χ1n) is 8.83. The summed E-state index contributed by atoms with van der Waals surface area (Å²) in [6.45, 7) is 8.88. The van der Waals surface area contributed by atoms with Crippen LogP contribution in [0.3, 0.4) is 0 Å². The fourth-order valence-corrected chi connectivity index (χ4v) is 2.70. The predicted molar refractivity (Wildman–Crippen MR) is 90.2 cm³/mol. The van der Waals surface area contributed by atoms with Gasteiger partial charge < -0.3 is 9.15 Å². The molecule has 1 aromatic rings. The number of esters is 1. The molecule has 126 valence electrons. The number of hydrogen-bond acceptors (Lipinski definition) is 3. The van der Waals surface area contributed by atoms with Crippen LogP contribution in [0.25, 0.3) is 0 Å². The van der Waals surface area contributed by atoms with Gasteiger partial charge in [-0.15, -0.1) is 0 Å². The van der Waals surface area contributed by atoms with Gasteiger partial charge in [-0.2, -0.15) is 0 Å². The van der Waals surface area contributed by atoms with E-state index in [4.69, 9.17) is 9.15 Å². The summed E-state index contributed by atoms with van der Waals surface area (Å²) in [7, 11) is 0. The highest BCUT2D eigenvalue weighted by Gasteiger charge is 2.13. The second kappa shape index (κ2) is 10.5. The van der Waals surface area contributed by atoms with Crippen LogP contribution >= 0.6 is 0 Å². The molecule has 0 aliphatic rings. The quantitative estimate of drug-likeness (QED) is 0.411. The molecule has 0 bridgehead atoms. The van der Waals surface area contributed by atoms with Crippen molar-refractivity contribution in [1.82, 2.24) is 0 Å². The second-order valence-electron chi connectivity index (χ2n) is 6.02. The zero-order valence-corrected chi connectivity index (χ0v) is 14.8. The molecule has 0 N–H and O–H groups in total. The lowest BCUT2D eigenvalue weighted by atomic mass is 10.0. The number of aryl methyl sites for hydroxylation is 2. The maximum absolute atomic E-state index is 11.3. The molecule has 0 saturated heterocycles. The third kappa shape index (κ3) is 6.25. The van der Waals surface area contributed by atoms with Gasteiger partial charge in [0.25, 0.3) is 0 Å². The summed E-state index contributed by atoms with van der Waals surface area (Å²) in [5.41, 5.74) is 2.65. The highest BCUT2D eigenvalue weighted by atomic mass is 16.5. The van der Waals surface area contributed by atoms with E-state index in [2.05, 4.69) is 20.8 Å².